The molecule has 0 saturated carbocycles. The lowest BCUT2D eigenvalue weighted by Crippen LogP contribution is -2.42. The molecule has 0 aliphatic heterocycles. The average Bonchev–Trinajstić information content (AvgIpc) is 2.19. The average molecular weight is 310 g/mol. The molecule has 0 aliphatic rings. The normalized spacial score (nSPS) is 18.1. The highest BCUT2D eigenvalue weighted by atomic mass is 31.2. The van der Waals surface area contributed by atoms with Crippen LogP contribution in [-0.4, -0.2) is 61.0 Å². The Balaban J connectivity index is 4.83. The van der Waals surface area contributed by atoms with Gasteiger partial charge in [0.25, 0.3) is 0 Å². The van der Waals surface area contributed by atoms with Crippen molar-refractivity contribution < 1.29 is 52.8 Å². The van der Waals surface area contributed by atoms with Crippen LogP contribution in [0.5, 0.6) is 0 Å². The Hall–Kier alpha value is -0.190. The van der Waals surface area contributed by atoms with Crippen molar-refractivity contribution in [1.29, 1.82) is 0 Å². The zero-order chi connectivity index (χ0) is 14.6. The number of aliphatic hydroxyl groups is 2. The van der Waals surface area contributed by atoms with Crippen LogP contribution in [0.2, 0.25) is 0 Å². The van der Waals surface area contributed by atoms with Gasteiger partial charge in [0.1, 0.15) is 12.2 Å². The second kappa shape index (κ2) is 6.83. The quantitative estimate of drug-likeness (QED) is 0.205. The minimum absolute atomic E-state index is 0.213. The number of phosphoric ester groups is 2. The fourth-order valence-electron chi connectivity index (χ4n) is 0.918. The van der Waals surface area contributed by atoms with E-state index in [-0.39, 0.29) is 6.29 Å². The van der Waals surface area contributed by atoms with Crippen LogP contribution in [0.1, 0.15) is 0 Å². The van der Waals surface area contributed by atoms with Crippen LogP contribution in [0.4, 0.5) is 0 Å². The smallest absolute Gasteiger partial charge is 0.394 e. The molecule has 0 spiro atoms. The van der Waals surface area contributed by atoms with Gasteiger partial charge in [0.2, 0.25) is 0 Å². The molecule has 0 amide bonds. The van der Waals surface area contributed by atoms with Crippen molar-refractivity contribution in [3.8, 4) is 0 Å². The second-order valence-electron chi connectivity index (χ2n) is 3.00. The summed E-state index contributed by atoms with van der Waals surface area (Å²) in [6.07, 6.45) is -6.50. The van der Waals surface area contributed by atoms with Crippen molar-refractivity contribution in [2.75, 3.05) is 6.61 Å². The Kier molecular flexibility index (Phi) is 6.75. The number of carbonyl (C=O) groups excluding carboxylic acids is 1. The monoisotopic (exact) mass is 310 g/mol. The lowest BCUT2D eigenvalue weighted by atomic mass is 10.1. The largest absolute Gasteiger partial charge is 0.470 e. The Labute approximate surface area is 100 Å². The molecule has 13 heteroatoms. The minimum Gasteiger partial charge on any atom is -0.394 e. The van der Waals surface area contributed by atoms with Gasteiger partial charge in [0.05, 0.1) is 6.61 Å². The molecule has 0 aromatic heterocycles. The van der Waals surface area contributed by atoms with E-state index in [0.29, 0.717) is 0 Å². The molecule has 0 radical (unpaired) electrons. The second-order valence-corrected chi connectivity index (χ2v) is 5.39. The third-order valence-electron chi connectivity index (χ3n) is 1.56. The number of aldehydes is 1. The van der Waals surface area contributed by atoms with Crippen LogP contribution < -0.4 is 0 Å². The van der Waals surface area contributed by atoms with Gasteiger partial charge in [-0.2, -0.15) is 0 Å². The summed E-state index contributed by atoms with van der Waals surface area (Å²) in [5.74, 6) is 0. The van der Waals surface area contributed by atoms with Crippen LogP contribution in [-0.2, 0) is 23.0 Å². The van der Waals surface area contributed by atoms with E-state index in [1.807, 2.05) is 0 Å². The predicted molar refractivity (Wildman–Crippen MR) is 53.0 cm³/mol. The molecule has 0 aromatic carbocycles. The topological polar surface area (TPSA) is 191 Å². The van der Waals surface area contributed by atoms with Crippen molar-refractivity contribution in [1.82, 2.24) is 0 Å². The van der Waals surface area contributed by atoms with Gasteiger partial charge in [0.15, 0.2) is 12.4 Å². The van der Waals surface area contributed by atoms with E-state index < -0.39 is 40.6 Å². The zero-order valence-corrected chi connectivity index (χ0v) is 10.4. The van der Waals surface area contributed by atoms with Crippen molar-refractivity contribution in [3.63, 3.8) is 0 Å². The number of carbonyl (C=O) groups is 1. The maximum absolute atomic E-state index is 10.5. The van der Waals surface area contributed by atoms with Gasteiger partial charge >= 0.3 is 15.6 Å². The van der Waals surface area contributed by atoms with Gasteiger partial charge in [-0.25, -0.2) is 9.13 Å². The molecule has 3 atom stereocenters. The Morgan fingerprint density at radius 3 is 1.78 bits per heavy atom. The van der Waals surface area contributed by atoms with Gasteiger partial charge in [-0.05, 0) is 0 Å². The summed E-state index contributed by atoms with van der Waals surface area (Å²) in [6, 6.07) is 0. The molecule has 0 saturated heterocycles. The van der Waals surface area contributed by atoms with Crippen molar-refractivity contribution in [2.45, 2.75) is 18.3 Å². The number of hydrogen-bond donors (Lipinski definition) is 6. The summed E-state index contributed by atoms with van der Waals surface area (Å²) in [5, 5.41) is 18.1. The van der Waals surface area contributed by atoms with E-state index in [0.717, 1.165) is 0 Å². The van der Waals surface area contributed by atoms with Crippen LogP contribution in [0.3, 0.4) is 0 Å². The fraction of sp³-hybridized carbons (Fsp3) is 0.800. The number of hydrogen-bond acceptors (Lipinski definition) is 7. The first-order valence-electron chi connectivity index (χ1n) is 4.22. The van der Waals surface area contributed by atoms with Crippen LogP contribution >= 0.6 is 15.6 Å². The molecule has 11 nitrogen and oxygen atoms in total. The lowest BCUT2D eigenvalue weighted by Gasteiger charge is -2.25. The van der Waals surface area contributed by atoms with E-state index >= 15 is 0 Å². The molecule has 108 valence electrons. The van der Waals surface area contributed by atoms with Gasteiger partial charge in [0, 0.05) is 0 Å². The first-order chi connectivity index (χ1) is 8.00. The summed E-state index contributed by atoms with van der Waals surface area (Å²) in [4.78, 5) is 44.2. The molecule has 0 aromatic rings. The molecule has 0 aliphatic carbocycles. The Morgan fingerprint density at radius 2 is 1.50 bits per heavy atom. The highest BCUT2D eigenvalue weighted by Crippen LogP contribution is 2.41. The summed E-state index contributed by atoms with van der Waals surface area (Å²) in [7, 11) is -10.2. The SMILES string of the molecule is O=C[C@H](OP(=O)(O)O)[C@H](O)[C@@H](CO)OP(=O)(O)O. The summed E-state index contributed by atoms with van der Waals surface area (Å²) in [5.41, 5.74) is 0. The van der Waals surface area contributed by atoms with Crippen LogP contribution in [0.15, 0.2) is 0 Å². The predicted octanol–water partition coefficient (Wildman–Crippen LogP) is -2.51. The first-order valence-corrected chi connectivity index (χ1v) is 7.28. The molecule has 0 heterocycles. The highest BCUT2D eigenvalue weighted by Gasteiger charge is 2.36. The fourth-order valence-corrected chi connectivity index (χ4v) is 1.95. The molecular formula is C5H12O11P2. The number of phosphoric acid groups is 2. The Morgan fingerprint density at radius 1 is 1.06 bits per heavy atom. The van der Waals surface area contributed by atoms with Crippen LogP contribution in [0, 0.1) is 0 Å². The van der Waals surface area contributed by atoms with E-state index in [2.05, 4.69) is 9.05 Å². The third-order valence-corrected chi connectivity index (χ3v) is 2.63. The van der Waals surface area contributed by atoms with Gasteiger partial charge in [-0.3, -0.25) is 9.05 Å². The molecule has 0 fully saturated rings. The maximum atomic E-state index is 10.5. The van der Waals surface area contributed by atoms with E-state index in [4.69, 9.17) is 24.7 Å². The molecule has 18 heavy (non-hydrogen) atoms. The highest BCUT2D eigenvalue weighted by molar-refractivity contribution is 7.46. The third kappa shape index (κ3) is 7.29. The molecular weight excluding hydrogens is 298 g/mol. The van der Waals surface area contributed by atoms with Gasteiger partial charge < -0.3 is 34.6 Å². The Bertz CT molecular complexity index is 356. The zero-order valence-electron chi connectivity index (χ0n) is 8.64. The summed E-state index contributed by atoms with van der Waals surface area (Å²) >= 11 is 0. The molecule has 0 rings (SSSR count). The van der Waals surface area contributed by atoms with E-state index in [9.17, 15) is 19.0 Å². The maximum Gasteiger partial charge on any atom is 0.470 e. The van der Waals surface area contributed by atoms with Crippen molar-refractivity contribution in [2.24, 2.45) is 0 Å². The molecule has 0 unspecified atom stereocenters. The van der Waals surface area contributed by atoms with Crippen molar-refractivity contribution in [3.05, 3.63) is 0 Å². The van der Waals surface area contributed by atoms with Gasteiger partial charge in [-0.1, -0.05) is 0 Å². The standard InChI is InChI=1S/C5H12O11P2/c6-1-3(15-17(9,10)11)5(8)4(2-7)16-18(12,13)14/h1,3-5,7-8H,2H2,(H2,9,10,11)(H2,12,13,14)/t3-,4+,5-/m0/s1. The molecule has 6 N–H and O–H groups in total. The minimum atomic E-state index is -5.12. The van der Waals surface area contributed by atoms with Crippen LogP contribution in [0.25, 0.3) is 0 Å². The van der Waals surface area contributed by atoms with E-state index in [1.54, 1.807) is 0 Å². The summed E-state index contributed by atoms with van der Waals surface area (Å²) < 4.78 is 28.7. The lowest BCUT2D eigenvalue weighted by molar-refractivity contribution is -0.126. The first kappa shape index (κ1) is 17.8. The number of rotatable bonds is 8. The number of aliphatic hydroxyl groups excluding tert-OH is 2. The van der Waals surface area contributed by atoms with Gasteiger partial charge in [-0.15, -0.1) is 0 Å². The van der Waals surface area contributed by atoms with E-state index in [1.165, 1.54) is 0 Å². The van der Waals surface area contributed by atoms with Crippen molar-refractivity contribution >= 4 is 21.9 Å². The molecule has 0 bridgehead atoms. The summed E-state index contributed by atoms with van der Waals surface area (Å²) in [6.45, 7) is -1.12.